The average molecular weight is 395 g/mol. The van der Waals surface area contributed by atoms with Crippen molar-refractivity contribution < 1.29 is 28.7 Å². The number of allylic oxidation sites excluding steroid dienone is 2. The maximum absolute atomic E-state index is 12.8. The van der Waals surface area contributed by atoms with Crippen molar-refractivity contribution in [1.29, 1.82) is 0 Å². The van der Waals surface area contributed by atoms with Gasteiger partial charge in [0.15, 0.2) is 12.4 Å². The van der Waals surface area contributed by atoms with Gasteiger partial charge in [-0.15, -0.1) is 0 Å². The number of carbonyl (C=O) groups is 4. The van der Waals surface area contributed by atoms with E-state index in [1.165, 1.54) is 7.11 Å². The van der Waals surface area contributed by atoms with Gasteiger partial charge in [-0.2, -0.15) is 0 Å². The highest BCUT2D eigenvalue weighted by Crippen LogP contribution is 2.65. The summed E-state index contributed by atoms with van der Waals surface area (Å²) in [5.41, 5.74) is 0.389. The van der Waals surface area contributed by atoms with Crippen LogP contribution in [0.4, 0.5) is 0 Å². The molecular weight excluding hydrogens is 374 g/mol. The number of hydrogen-bond donors (Lipinski definition) is 0. The molecule has 29 heavy (non-hydrogen) atoms. The van der Waals surface area contributed by atoms with Gasteiger partial charge in [0.1, 0.15) is 12.3 Å². The highest BCUT2D eigenvalue weighted by atomic mass is 16.5. The molecule has 0 radical (unpaired) electrons. The molecule has 5 aliphatic rings. The van der Waals surface area contributed by atoms with E-state index in [4.69, 9.17) is 9.47 Å². The lowest BCUT2D eigenvalue weighted by Crippen LogP contribution is -2.40. The van der Waals surface area contributed by atoms with E-state index in [1.807, 2.05) is 0 Å². The van der Waals surface area contributed by atoms with Crippen molar-refractivity contribution in [3.63, 3.8) is 0 Å². The third kappa shape index (κ3) is 2.79. The van der Waals surface area contributed by atoms with Gasteiger partial charge in [-0.25, -0.2) is 0 Å². The quantitative estimate of drug-likeness (QED) is 0.314. The van der Waals surface area contributed by atoms with E-state index in [1.54, 1.807) is 24.3 Å². The number of amides is 2. The van der Waals surface area contributed by atoms with Crippen LogP contribution >= 0.6 is 0 Å². The first-order chi connectivity index (χ1) is 14.0. The lowest BCUT2D eigenvalue weighted by Gasteiger charge is -2.37. The molecule has 0 unspecified atom stereocenters. The van der Waals surface area contributed by atoms with Crippen LogP contribution in [-0.2, 0) is 19.1 Å². The molecule has 1 heterocycles. The number of esters is 1. The van der Waals surface area contributed by atoms with E-state index in [-0.39, 0.29) is 41.3 Å². The predicted octanol–water partition coefficient (Wildman–Crippen LogP) is 1.47. The Labute approximate surface area is 167 Å². The van der Waals surface area contributed by atoms with Crippen LogP contribution in [0.5, 0.6) is 5.75 Å². The Hall–Kier alpha value is -2.96. The Morgan fingerprint density at radius 3 is 2.14 bits per heavy atom. The summed E-state index contributed by atoms with van der Waals surface area (Å²) in [7, 11) is 1.53. The summed E-state index contributed by atoms with van der Waals surface area (Å²) in [4.78, 5) is 51.1. The fourth-order valence-electron chi connectivity index (χ4n) is 5.36. The van der Waals surface area contributed by atoms with Gasteiger partial charge in [-0.3, -0.25) is 24.1 Å². The van der Waals surface area contributed by atoms with Crippen LogP contribution in [0.25, 0.3) is 0 Å². The normalized spacial score (nSPS) is 33.3. The van der Waals surface area contributed by atoms with Crippen molar-refractivity contribution in [2.45, 2.75) is 6.42 Å². The molecule has 4 aliphatic carbocycles. The van der Waals surface area contributed by atoms with E-state index >= 15 is 0 Å². The number of imide groups is 1. The number of nitrogens with zero attached hydrogens (tertiary/aromatic N) is 1. The Balaban J connectivity index is 1.20. The van der Waals surface area contributed by atoms with Gasteiger partial charge in [-0.1, -0.05) is 12.2 Å². The third-order valence-corrected chi connectivity index (χ3v) is 6.82. The summed E-state index contributed by atoms with van der Waals surface area (Å²) in [5, 5.41) is 0. The van der Waals surface area contributed by atoms with Gasteiger partial charge in [0.25, 0.3) is 0 Å². The van der Waals surface area contributed by atoms with Crippen molar-refractivity contribution in [3.8, 4) is 5.75 Å². The van der Waals surface area contributed by atoms with Gasteiger partial charge in [-0.05, 0) is 54.4 Å². The smallest absolute Gasteiger partial charge is 0.326 e. The Morgan fingerprint density at radius 1 is 1.00 bits per heavy atom. The predicted molar refractivity (Wildman–Crippen MR) is 99.7 cm³/mol. The average Bonchev–Trinajstić information content (AvgIpc) is 3.53. The zero-order valence-corrected chi connectivity index (χ0v) is 15.9. The molecule has 0 aromatic heterocycles. The van der Waals surface area contributed by atoms with E-state index in [9.17, 15) is 19.2 Å². The summed E-state index contributed by atoms with van der Waals surface area (Å²) in [6.07, 6.45) is 5.26. The maximum atomic E-state index is 12.8. The number of ether oxygens (including phenoxy) is 2. The van der Waals surface area contributed by atoms with Crippen molar-refractivity contribution in [3.05, 3.63) is 42.0 Å². The monoisotopic (exact) mass is 395 g/mol. The summed E-state index contributed by atoms with van der Waals surface area (Å²) < 4.78 is 10.1. The highest BCUT2D eigenvalue weighted by molar-refractivity contribution is 6.08. The topological polar surface area (TPSA) is 90.0 Å². The second kappa shape index (κ2) is 6.54. The Kier molecular flexibility index (Phi) is 4.08. The van der Waals surface area contributed by atoms with Gasteiger partial charge in [0.2, 0.25) is 11.8 Å². The van der Waals surface area contributed by atoms with Gasteiger partial charge in [0, 0.05) is 5.56 Å². The number of rotatable bonds is 6. The molecule has 1 saturated heterocycles. The Morgan fingerprint density at radius 2 is 1.59 bits per heavy atom. The highest BCUT2D eigenvalue weighted by Gasteiger charge is 2.67. The number of hydrogen-bond acceptors (Lipinski definition) is 6. The van der Waals surface area contributed by atoms with Crippen LogP contribution in [0, 0.1) is 35.5 Å². The number of ketones is 1. The van der Waals surface area contributed by atoms with Crippen LogP contribution in [0.1, 0.15) is 16.8 Å². The second-order valence-corrected chi connectivity index (χ2v) is 8.23. The molecule has 1 aromatic rings. The molecule has 1 aliphatic heterocycles. The summed E-state index contributed by atoms with van der Waals surface area (Å²) >= 11 is 0. The third-order valence-electron chi connectivity index (χ3n) is 6.82. The molecule has 7 nitrogen and oxygen atoms in total. The Bertz CT molecular complexity index is 899. The minimum Gasteiger partial charge on any atom is -0.497 e. The molecule has 2 bridgehead atoms. The summed E-state index contributed by atoms with van der Waals surface area (Å²) in [6, 6.07) is 6.46. The molecule has 150 valence electrons. The van der Waals surface area contributed by atoms with Crippen molar-refractivity contribution in [2.24, 2.45) is 35.5 Å². The maximum Gasteiger partial charge on any atom is 0.326 e. The van der Waals surface area contributed by atoms with Gasteiger partial charge >= 0.3 is 5.97 Å². The molecule has 3 fully saturated rings. The first-order valence-corrected chi connectivity index (χ1v) is 9.86. The van der Waals surface area contributed by atoms with E-state index in [2.05, 4.69) is 12.2 Å². The minimum absolute atomic E-state index is 0.115. The molecular formula is C22H21NO6. The van der Waals surface area contributed by atoms with Gasteiger partial charge in [0.05, 0.1) is 18.9 Å². The number of Topliss-reactive ketones (excluding diaryl/α,β-unsaturated/α-hetero) is 1. The van der Waals surface area contributed by atoms with Crippen molar-refractivity contribution in [2.75, 3.05) is 20.3 Å². The molecule has 0 N–H and O–H groups in total. The fourth-order valence-corrected chi connectivity index (χ4v) is 5.36. The van der Waals surface area contributed by atoms with Crippen LogP contribution < -0.4 is 4.74 Å². The standard InChI is InChI=1S/C22H21NO6/c1-28-12-4-2-11(3-5-12)17(24)10-29-18(25)9-23-21(26)19-13-6-7-14(16-8-15(13)16)20(19)22(23)27/h2-7,13-16,19-20H,8-10H2,1H3/t13-,14+,15+,16-,19-,20+. The molecule has 1 aromatic carbocycles. The molecule has 2 amide bonds. The first kappa shape index (κ1) is 18.1. The summed E-state index contributed by atoms with van der Waals surface area (Å²) in [6.45, 7) is -0.874. The van der Waals surface area contributed by atoms with Crippen LogP contribution in [0.3, 0.4) is 0 Å². The van der Waals surface area contributed by atoms with E-state index in [0.29, 0.717) is 23.1 Å². The number of carbonyl (C=O) groups excluding carboxylic acids is 4. The van der Waals surface area contributed by atoms with Gasteiger partial charge < -0.3 is 9.47 Å². The number of benzene rings is 1. The van der Waals surface area contributed by atoms with Crippen LogP contribution in [-0.4, -0.2) is 48.7 Å². The van der Waals surface area contributed by atoms with E-state index in [0.717, 1.165) is 11.3 Å². The largest absolute Gasteiger partial charge is 0.497 e. The molecule has 0 spiro atoms. The van der Waals surface area contributed by atoms with Crippen LogP contribution in [0.2, 0.25) is 0 Å². The zero-order chi connectivity index (χ0) is 20.3. The lowest BCUT2D eigenvalue weighted by molar-refractivity contribution is -0.152. The van der Waals surface area contributed by atoms with Crippen LogP contribution in [0.15, 0.2) is 36.4 Å². The van der Waals surface area contributed by atoms with E-state index < -0.39 is 19.1 Å². The second-order valence-electron chi connectivity index (χ2n) is 8.23. The SMILES string of the molecule is COc1ccc(C(=O)COC(=O)CN2C(=O)[C@@H]3[C@@H]4C=C[C@@H]([C@H]5C[C@@H]45)[C@@H]3C2=O)cc1. The minimum atomic E-state index is -0.752. The molecule has 6 atom stereocenters. The first-order valence-electron chi connectivity index (χ1n) is 9.86. The number of methoxy groups -OCH3 is 1. The summed E-state index contributed by atoms with van der Waals surface area (Å²) in [5.74, 6) is -0.473. The number of likely N-dealkylation sites (tertiary alicyclic amines) is 1. The zero-order valence-electron chi connectivity index (χ0n) is 15.9. The van der Waals surface area contributed by atoms with Crippen molar-refractivity contribution >= 4 is 23.6 Å². The fraction of sp³-hybridized carbons (Fsp3) is 0.455. The molecule has 2 saturated carbocycles. The molecule has 6 rings (SSSR count). The lowest BCUT2D eigenvalue weighted by atomic mass is 9.63. The molecule has 7 heteroatoms. The van der Waals surface area contributed by atoms with Crippen molar-refractivity contribution in [1.82, 2.24) is 4.90 Å².